The molecule has 6 heteroatoms. The first-order chi connectivity index (χ1) is 8.81. The van der Waals surface area contributed by atoms with Crippen LogP contribution in [0.25, 0.3) is 11.5 Å². The van der Waals surface area contributed by atoms with Crippen molar-refractivity contribution in [2.75, 3.05) is 18.9 Å². The third kappa shape index (κ3) is 2.33. The topological polar surface area (TPSA) is 87.1 Å². The van der Waals surface area contributed by atoms with Gasteiger partial charge in [-0.05, 0) is 24.5 Å². The lowest BCUT2D eigenvalue weighted by Crippen LogP contribution is -2.04. The molecule has 2 aromatic rings. The molecule has 0 aromatic carbocycles. The van der Waals surface area contributed by atoms with Gasteiger partial charge in [-0.3, -0.25) is 0 Å². The highest BCUT2D eigenvalue weighted by atomic mass is 16.5. The molecule has 1 aliphatic heterocycles. The Morgan fingerprint density at radius 2 is 2.33 bits per heavy atom. The third-order valence-electron chi connectivity index (χ3n) is 3.00. The first-order valence-electron chi connectivity index (χ1n) is 5.93. The molecule has 1 saturated heterocycles. The van der Waals surface area contributed by atoms with E-state index in [4.69, 9.17) is 15.0 Å². The molecule has 1 aliphatic rings. The van der Waals surface area contributed by atoms with E-state index in [-0.39, 0.29) is 0 Å². The van der Waals surface area contributed by atoms with E-state index in [1.165, 1.54) is 0 Å². The quantitative estimate of drug-likeness (QED) is 0.878. The van der Waals surface area contributed by atoms with Crippen LogP contribution in [-0.4, -0.2) is 28.3 Å². The van der Waals surface area contributed by atoms with Crippen molar-refractivity contribution in [1.82, 2.24) is 15.1 Å². The number of nitrogens with two attached hydrogens (primary N) is 1. The molecule has 2 N–H and O–H groups in total. The predicted molar refractivity (Wildman–Crippen MR) is 64.6 cm³/mol. The van der Waals surface area contributed by atoms with Crippen molar-refractivity contribution < 1.29 is 9.26 Å². The lowest BCUT2D eigenvalue weighted by molar-refractivity contribution is 0.185. The second-order valence-corrected chi connectivity index (χ2v) is 4.42. The maximum atomic E-state index is 5.53. The van der Waals surface area contributed by atoms with Crippen LogP contribution in [0.15, 0.2) is 22.9 Å². The zero-order chi connectivity index (χ0) is 12.4. The lowest BCUT2D eigenvalue weighted by Gasteiger charge is -2.00. The molecule has 94 valence electrons. The average molecular weight is 246 g/mol. The van der Waals surface area contributed by atoms with Crippen LogP contribution in [0.5, 0.6) is 0 Å². The summed E-state index contributed by atoms with van der Waals surface area (Å²) in [6.45, 7) is 1.62. The Labute approximate surface area is 104 Å². The zero-order valence-electron chi connectivity index (χ0n) is 9.87. The van der Waals surface area contributed by atoms with E-state index in [1.54, 1.807) is 12.3 Å². The van der Waals surface area contributed by atoms with Gasteiger partial charge >= 0.3 is 0 Å². The molecule has 1 fully saturated rings. The van der Waals surface area contributed by atoms with Gasteiger partial charge in [0.05, 0.1) is 5.56 Å². The molecule has 0 amide bonds. The van der Waals surface area contributed by atoms with Crippen LogP contribution in [0.4, 0.5) is 5.82 Å². The SMILES string of the molecule is Nc1ccc(-c2nc(CC3CCOC3)no2)cn1. The Balaban J connectivity index is 1.74. The molecule has 0 aliphatic carbocycles. The smallest absolute Gasteiger partial charge is 0.259 e. The summed E-state index contributed by atoms with van der Waals surface area (Å²) in [5.41, 5.74) is 6.31. The van der Waals surface area contributed by atoms with Crippen LogP contribution >= 0.6 is 0 Å². The van der Waals surface area contributed by atoms with Crippen molar-refractivity contribution in [2.24, 2.45) is 5.92 Å². The molecule has 3 rings (SSSR count). The number of anilines is 1. The fourth-order valence-corrected chi connectivity index (χ4v) is 1.99. The zero-order valence-corrected chi connectivity index (χ0v) is 9.87. The van der Waals surface area contributed by atoms with E-state index in [9.17, 15) is 0 Å². The van der Waals surface area contributed by atoms with Crippen molar-refractivity contribution in [3.05, 3.63) is 24.2 Å². The molecular formula is C12H14N4O2. The van der Waals surface area contributed by atoms with Crippen molar-refractivity contribution >= 4 is 5.82 Å². The minimum absolute atomic E-state index is 0.474. The highest BCUT2D eigenvalue weighted by Crippen LogP contribution is 2.20. The standard InChI is InChI=1S/C12H14N4O2/c13-10-2-1-9(6-14-10)12-15-11(16-18-12)5-8-3-4-17-7-8/h1-2,6,8H,3-5,7H2,(H2,13,14). The average Bonchev–Trinajstić information content (AvgIpc) is 3.02. The molecule has 0 saturated carbocycles. The normalized spacial score (nSPS) is 19.2. The molecule has 18 heavy (non-hydrogen) atoms. The molecule has 0 bridgehead atoms. The van der Waals surface area contributed by atoms with Gasteiger partial charge in [0.15, 0.2) is 5.82 Å². The highest BCUT2D eigenvalue weighted by Gasteiger charge is 2.19. The maximum Gasteiger partial charge on any atom is 0.259 e. The van der Waals surface area contributed by atoms with Crippen molar-refractivity contribution in [3.63, 3.8) is 0 Å². The second kappa shape index (κ2) is 4.73. The van der Waals surface area contributed by atoms with Crippen LogP contribution in [0.3, 0.4) is 0 Å². The number of nitrogen functional groups attached to an aromatic ring is 1. The number of aromatic nitrogens is 3. The van der Waals surface area contributed by atoms with Crippen LogP contribution in [0.1, 0.15) is 12.2 Å². The Bertz CT molecular complexity index is 517. The van der Waals surface area contributed by atoms with E-state index < -0.39 is 0 Å². The Kier molecular flexibility index (Phi) is 2.93. The number of pyridine rings is 1. The predicted octanol–water partition coefficient (Wildman–Crippen LogP) is 1.29. The fourth-order valence-electron chi connectivity index (χ4n) is 1.99. The Morgan fingerprint density at radius 3 is 3.06 bits per heavy atom. The fraction of sp³-hybridized carbons (Fsp3) is 0.417. The van der Waals surface area contributed by atoms with Crippen LogP contribution in [-0.2, 0) is 11.2 Å². The summed E-state index contributed by atoms with van der Waals surface area (Å²) in [4.78, 5) is 8.36. The van der Waals surface area contributed by atoms with E-state index in [0.717, 1.165) is 37.4 Å². The van der Waals surface area contributed by atoms with Crippen molar-refractivity contribution in [2.45, 2.75) is 12.8 Å². The van der Waals surface area contributed by atoms with Gasteiger partial charge < -0.3 is 15.0 Å². The van der Waals surface area contributed by atoms with E-state index in [2.05, 4.69) is 15.1 Å². The van der Waals surface area contributed by atoms with Gasteiger partial charge in [-0.2, -0.15) is 4.98 Å². The summed E-state index contributed by atoms with van der Waals surface area (Å²) in [6, 6.07) is 3.53. The number of hydrogen-bond donors (Lipinski definition) is 1. The van der Waals surface area contributed by atoms with E-state index >= 15 is 0 Å². The highest BCUT2D eigenvalue weighted by molar-refractivity contribution is 5.53. The Morgan fingerprint density at radius 1 is 1.39 bits per heavy atom. The van der Waals surface area contributed by atoms with Crippen LogP contribution in [0.2, 0.25) is 0 Å². The minimum Gasteiger partial charge on any atom is -0.384 e. The molecule has 6 nitrogen and oxygen atoms in total. The summed E-state index contributed by atoms with van der Waals surface area (Å²) in [5, 5.41) is 3.98. The minimum atomic E-state index is 0.474. The summed E-state index contributed by atoms with van der Waals surface area (Å²) < 4.78 is 10.5. The first-order valence-corrected chi connectivity index (χ1v) is 5.93. The summed E-state index contributed by atoms with van der Waals surface area (Å²) in [5.74, 6) is 2.18. The summed E-state index contributed by atoms with van der Waals surface area (Å²) in [6.07, 6.45) is 3.49. The monoisotopic (exact) mass is 246 g/mol. The van der Waals surface area contributed by atoms with Gasteiger partial charge in [0.25, 0.3) is 5.89 Å². The number of ether oxygens (including phenoxy) is 1. The summed E-state index contributed by atoms with van der Waals surface area (Å²) >= 11 is 0. The second-order valence-electron chi connectivity index (χ2n) is 4.42. The Hall–Kier alpha value is -1.95. The molecule has 1 unspecified atom stereocenters. The van der Waals surface area contributed by atoms with Gasteiger partial charge in [-0.15, -0.1) is 0 Å². The van der Waals surface area contributed by atoms with E-state index in [0.29, 0.717) is 17.6 Å². The number of hydrogen-bond acceptors (Lipinski definition) is 6. The van der Waals surface area contributed by atoms with Crippen LogP contribution in [0, 0.1) is 5.92 Å². The van der Waals surface area contributed by atoms with Gasteiger partial charge in [0.2, 0.25) is 0 Å². The van der Waals surface area contributed by atoms with E-state index in [1.807, 2.05) is 6.07 Å². The van der Waals surface area contributed by atoms with Crippen LogP contribution < -0.4 is 5.73 Å². The molecule has 3 heterocycles. The largest absolute Gasteiger partial charge is 0.384 e. The van der Waals surface area contributed by atoms with Crippen molar-refractivity contribution in [1.29, 1.82) is 0 Å². The molecule has 0 spiro atoms. The summed E-state index contributed by atoms with van der Waals surface area (Å²) in [7, 11) is 0. The molecule has 2 aromatic heterocycles. The maximum absolute atomic E-state index is 5.53. The van der Waals surface area contributed by atoms with Gasteiger partial charge in [-0.1, -0.05) is 5.16 Å². The number of rotatable bonds is 3. The van der Waals surface area contributed by atoms with Gasteiger partial charge in [0.1, 0.15) is 5.82 Å². The number of nitrogens with zero attached hydrogens (tertiary/aromatic N) is 3. The first kappa shape index (κ1) is 11.2. The lowest BCUT2D eigenvalue weighted by atomic mass is 10.1. The van der Waals surface area contributed by atoms with Gasteiger partial charge in [-0.25, -0.2) is 4.98 Å². The van der Waals surface area contributed by atoms with Crippen molar-refractivity contribution in [3.8, 4) is 11.5 Å². The molecule has 0 radical (unpaired) electrons. The van der Waals surface area contributed by atoms with Gasteiger partial charge in [0, 0.05) is 25.8 Å². The molecule has 1 atom stereocenters. The third-order valence-corrected chi connectivity index (χ3v) is 3.00. The molecular weight excluding hydrogens is 232 g/mol.